The van der Waals surface area contributed by atoms with Gasteiger partial charge in [-0.1, -0.05) is 11.6 Å². The molecular weight excluding hydrogens is 226 g/mol. The van der Waals surface area contributed by atoms with Crippen LogP contribution < -0.4 is 10.5 Å². The van der Waals surface area contributed by atoms with Gasteiger partial charge in [-0.25, -0.2) is 0 Å². The number of nitrogens with two attached hydrogens (primary N) is 1. The second-order valence-corrected chi connectivity index (χ2v) is 5.10. The molecule has 90 valence electrons. The molecule has 3 N–H and O–H groups in total. The van der Waals surface area contributed by atoms with E-state index in [4.69, 9.17) is 22.1 Å². The summed E-state index contributed by atoms with van der Waals surface area (Å²) >= 11 is 6.06. The van der Waals surface area contributed by atoms with Gasteiger partial charge in [-0.05, 0) is 38.8 Å². The van der Waals surface area contributed by atoms with Crippen LogP contribution in [0.5, 0.6) is 11.5 Å². The van der Waals surface area contributed by atoms with Gasteiger partial charge in [-0.15, -0.1) is 0 Å². The highest BCUT2D eigenvalue weighted by Gasteiger charge is 2.19. The monoisotopic (exact) mass is 243 g/mol. The zero-order valence-electron chi connectivity index (χ0n) is 10.1. The first-order chi connectivity index (χ1) is 7.26. The maximum Gasteiger partial charge on any atom is 0.144 e. The molecule has 0 bridgehead atoms. The zero-order valence-corrected chi connectivity index (χ0v) is 10.9. The Labute approximate surface area is 101 Å². The molecule has 0 aliphatic heterocycles. The molecule has 0 heterocycles. The molecule has 1 rings (SSSR count). The summed E-state index contributed by atoms with van der Waals surface area (Å²) in [6.07, 6.45) is 0.559. The van der Waals surface area contributed by atoms with E-state index < -0.39 is 0 Å². The topological polar surface area (TPSA) is 55.5 Å². The molecule has 0 saturated heterocycles. The Morgan fingerprint density at radius 3 is 2.50 bits per heavy atom. The normalized spacial score (nSPS) is 11.6. The lowest BCUT2D eigenvalue weighted by Gasteiger charge is -2.21. The predicted molar refractivity (Wildman–Crippen MR) is 66.4 cm³/mol. The maximum atomic E-state index is 10.0. The van der Waals surface area contributed by atoms with Crippen LogP contribution in [0.4, 0.5) is 0 Å². The Morgan fingerprint density at radius 2 is 2.06 bits per heavy atom. The summed E-state index contributed by atoms with van der Waals surface area (Å²) < 4.78 is 5.12. The Kier molecular flexibility index (Phi) is 3.71. The number of hydrogen-bond donors (Lipinski definition) is 2. The molecule has 0 fully saturated rings. The SMILES string of the molecule is COc1c(Cl)cc(CC(C)(C)N)c(O)c1C. The lowest BCUT2D eigenvalue weighted by molar-refractivity contribution is 0.399. The Bertz CT molecular complexity index is 397. The van der Waals surface area contributed by atoms with Crippen molar-refractivity contribution in [1.82, 2.24) is 0 Å². The van der Waals surface area contributed by atoms with Gasteiger partial charge in [0.1, 0.15) is 11.5 Å². The van der Waals surface area contributed by atoms with Gasteiger partial charge in [0, 0.05) is 11.1 Å². The third-order valence-corrected chi connectivity index (χ3v) is 2.65. The molecule has 1 aromatic carbocycles. The van der Waals surface area contributed by atoms with Gasteiger partial charge in [-0.2, -0.15) is 0 Å². The number of ether oxygens (including phenoxy) is 1. The van der Waals surface area contributed by atoms with Crippen LogP contribution in [-0.4, -0.2) is 17.8 Å². The van der Waals surface area contributed by atoms with Gasteiger partial charge in [-0.3, -0.25) is 0 Å². The first-order valence-corrected chi connectivity index (χ1v) is 5.48. The molecule has 0 atom stereocenters. The molecule has 0 aliphatic carbocycles. The fourth-order valence-electron chi connectivity index (χ4n) is 1.69. The second-order valence-electron chi connectivity index (χ2n) is 4.69. The second kappa shape index (κ2) is 4.52. The van der Waals surface area contributed by atoms with Crippen LogP contribution in [-0.2, 0) is 6.42 Å². The molecule has 0 spiro atoms. The zero-order chi connectivity index (χ0) is 12.5. The number of phenolic OH excluding ortho intramolecular Hbond substituents is 1. The quantitative estimate of drug-likeness (QED) is 0.858. The van der Waals surface area contributed by atoms with E-state index in [0.29, 0.717) is 22.8 Å². The molecule has 0 amide bonds. The van der Waals surface area contributed by atoms with Crippen molar-refractivity contribution >= 4 is 11.6 Å². The van der Waals surface area contributed by atoms with E-state index in [9.17, 15) is 5.11 Å². The number of hydrogen-bond acceptors (Lipinski definition) is 3. The minimum absolute atomic E-state index is 0.208. The molecule has 4 heteroatoms. The first-order valence-electron chi connectivity index (χ1n) is 5.10. The largest absolute Gasteiger partial charge is 0.507 e. The van der Waals surface area contributed by atoms with E-state index in [1.165, 1.54) is 7.11 Å². The van der Waals surface area contributed by atoms with Crippen molar-refractivity contribution in [3.05, 3.63) is 22.2 Å². The van der Waals surface area contributed by atoms with Crippen molar-refractivity contribution < 1.29 is 9.84 Å². The van der Waals surface area contributed by atoms with Crippen LogP contribution in [0.25, 0.3) is 0 Å². The molecule has 0 unspecified atom stereocenters. The molecule has 16 heavy (non-hydrogen) atoms. The van der Waals surface area contributed by atoms with Gasteiger partial charge in [0.15, 0.2) is 0 Å². The average molecular weight is 244 g/mol. The number of benzene rings is 1. The molecule has 0 saturated carbocycles. The summed E-state index contributed by atoms with van der Waals surface area (Å²) in [5.74, 6) is 0.720. The molecule has 0 aliphatic rings. The van der Waals surface area contributed by atoms with Gasteiger partial charge in [0.25, 0.3) is 0 Å². The smallest absolute Gasteiger partial charge is 0.144 e. The Balaban J connectivity index is 3.23. The standard InChI is InChI=1S/C12H18ClNO2/c1-7-10(15)8(6-12(2,3)14)5-9(13)11(7)16-4/h5,15H,6,14H2,1-4H3. The molecule has 3 nitrogen and oxygen atoms in total. The van der Waals surface area contributed by atoms with Gasteiger partial charge in [0.2, 0.25) is 0 Å². The van der Waals surface area contributed by atoms with Crippen LogP contribution in [0.2, 0.25) is 5.02 Å². The minimum Gasteiger partial charge on any atom is -0.507 e. The van der Waals surface area contributed by atoms with Crippen LogP contribution in [0.15, 0.2) is 6.07 Å². The van der Waals surface area contributed by atoms with Gasteiger partial charge in [0.05, 0.1) is 12.1 Å². The third-order valence-electron chi connectivity index (χ3n) is 2.37. The minimum atomic E-state index is -0.387. The lowest BCUT2D eigenvalue weighted by atomic mass is 9.94. The van der Waals surface area contributed by atoms with Crippen molar-refractivity contribution in [2.24, 2.45) is 5.73 Å². The summed E-state index contributed by atoms with van der Waals surface area (Å²) in [5.41, 5.74) is 6.93. The van der Waals surface area contributed by atoms with E-state index in [1.54, 1.807) is 13.0 Å². The van der Waals surface area contributed by atoms with Crippen molar-refractivity contribution in [3.63, 3.8) is 0 Å². The van der Waals surface area contributed by atoms with Gasteiger partial charge < -0.3 is 15.6 Å². The van der Waals surface area contributed by atoms with E-state index in [-0.39, 0.29) is 11.3 Å². The molecule has 0 aromatic heterocycles. The number of phenols is 1. The predicted octanol–water partition coefficient (Wildman–Crippen LogP) is 2.64. The van der Waals surface area contributed by atoms with Crippen LogP contribution in [0.3, 0.4) is 0 Å². The Hall–Kier alpha value is -0.930. The van der Waals surface area contributed by atoms with E-state index in [2.05, 4.69) is 0 Å². The van der Waals surface area contributed by atoms with Crippen molar-refractivity contribution in [1.29, 1.82) is 0 Å². The van der Waals surface area contributed by atoms with E-state index in [1.807, 2.05) is 13.8 Å². The number of aromatic hydroxyl groups is 1. The average Bonchev–Trinajstić information content (AvgIpc) is 2.12. The summed E-state index contributed by atoms with van der Waals surface area (Å²) in [5, 5.41) is 10.5. The molecule has 0 radical (unpaired) electrons. The van der Waals surface area contributed by atoms with Crippen molar-refractivity contribution in [2.45, 2.75) is 32.7 Å². The van der Waals surface area contributed by atoms with Crippen LogP contribution in [0, 0.1) is 6.92 Å². The number of halogens is 1. The highest BCUT2D eigenvalue weighted by atomic mass is 35.5. The molecular formula is C12H18ClNO2. The summed E-state index contributed by atoms with van der Waals surface area (Å²) in [4.78, 5) is 0. The van der Waals surface area contributed by atoms with E-state index in [0.717, 1.165) is 5.56 Å². The van der Waals surface area contributed by atoms with Crippen molar-refractivity contribution in [2.75, 3.05) is 7.11 Å². The summed E-state index contributed by atoms with van der Waals surface area (Å²) in [6.45, 7) is 5.58. The lowest BCUT2D eigenvalue weighted by Crippen LogP contribution is -2.34. The first kappa shape index (κ1) is 13.1. The fraction of sp³-hybridized carbons (Fsp3) is 0.500. The summed E-state index contributed by atoms with van der Waals surface area (Å²) in [7, 11) is 1.53. The third kappa shape index (κ3) is 2.80. The van der Waals surface area contributed by atoms with Crippen molar-refractivity contribution in [3.8, 4) is 11.5 Å². The van der Waals surface area contributed by atoms with Crippen LogP contribution >= 0.6 is 11.6 Å². The maximum absolute atomic E-state index is 10.0. The highest BCUT2D eigenvalue weighted by molar-refractivity contribution is 6.32. The molecule has 1 aromatic rings. The fourth-order valence-corrected chi connectivity index (χ4v) is 2.04. The number of methoxy groups -OCH3 is 1. The Morgan fingerprint density at radius 1 is 1.50 bits per heavy atom. The van der Waals surface area contributed by atoms with Gasteiger partial charge >= 0.3 is 0 Å². The summed E-state index contributed by atoms with van der Waals surface area (Å²) in [6, 6.07) is 1.71. The highest BCUT2D eigenvalue weighted by Crippen LogP contribution is 2.38. The number of rotatable bonds is 3. The van der Waals surface area contributed by atoms with Crippen LogP contribution in [0.1, 0.15) is 25.0 Å². The van der Waals surface area contributed by atoms with E-state index >= 15 is 0 Å².